The third-order valence-electron chi connectivity index (χ3n) is 24.8. The molecule has 768 valence electrons. The van der Waals surface area contributed by atoms with Crippen LogP contribution in [0.3, 0.4) is 0 Å². The number of carboxylic acid groups (broad SMARTS) is 1. The number of carbonyl (C=O) groups is 8. The number of hydrogen-bond donors (Lipinski definition) is 7. The second-order valence-electron chi connectivity index (χ2n) is 39.2. The number of rotatable bonds is 35. The number of terminal acetylenes is 1. The molecule has 12 rings (SSSR count). The first-order valence-corrected chi connectivity index (χ1v) is 56.9. The molecule has 0 saturated heterocycles. The van der Waals surface area contributed by atoms with Gasteiger partial charge >= 0.3 is 12.1 Å². The largest absolute Gasteiger partial charge is 0.508 e. The molecule has 28 heteroatoms. The first kappa shape index (κ1) is 116. The van der Waals surface area contributed by atoms with Crippen LogP contribution in [0.15, 0.2) is 170 Å². The number of unbranched alkanes of at least 4 members (excludes halogenated alkanes) is 4. The molecule has 7 N–H and O–H groups in total. The van der Waals surface area contributed by atoms with Crippen molar-refractivity contribution in [1.29, 1.82) is 0 Å². The van der Waals surface area contributed by atoms with Crippen LogP contribution < -0.4 is 40.8 Å². The summed E-state index contributed by atoms with van der Waals surface area (Å²) >= 11 is 0. The lowest BCUT2D eigenvalue weighted by molar-refractivity contribution is -0.131. The van der Waals surface area contributed by atoms with E-state index in [1.54, 1.807) is 68.0 Å². The van der Waals surface area contributed by atoms with Gasteiger partial charge in [0.2, 0.25) is 0 Å². The van der Waals surface area contributed by atoms with Crippen molar-refractivity contribution >= 4 is 63.7 Å². The summed E-state index contributed by atoms with van der Waals surface area (Å²) < 4.78 is 42.3. The second-order valence-corrected chi connectivity index (χ2v) is 48.7. The molecule has 0 radical (unpaired) electrons. The van der Waals surface area contributed by atoms with Crippen molar-refractivity contribution in [2.24, 2.45) is 0 Å². The fourth-order valence-electron chi connectivity index (χ4n) is 17.8. The van der Waals surface area contributed by atoms with Gasteiger partial charge in [0.05, 0.1) is 71.9 Å². The van der Waals surface area contributed by atoms with Gasteiger partial charge < -0.3 is 84.5 Å². The maximum atomic E-state index is 13.7. The Bertz CT molecular complexity index is 5670. The Balaban J connectivity index is 0.000000227. The van der Waals surface area contributed by atoms with Crippen LogP contribution in [0.2, 0.25) is 39.3 Å². The Morgan fingerprint density at radius 1 is 0.406 bits per heavy atom. The number of carbonyl (C=O) groups excluding carboxylic acids is 7. The summed E-state index contributed by atoms with van der Waals surface area (Å²) in [6, 6.07) is 53.5. The molecule has 0 bridgehead atoms. The van der Waals surface area contributed by atoms with Gasteiger partial charge in [-0.05, 0) is 248 Å². The van der Waals surface area contributed by atoms with E-state index in [2.05, 4.69) is 127 Å². The van der Waals surface area contributed by atoms with E-state index in [0.29, 0.717) is 86.7 Å². The SMILES string of the molecule is C#CC(=O)N1[C@@H](CCCC)Cc2cc(OC)ccc2[C@@H]1c1ccc(C(=O)NCCOC)cc1.CCCC[C@H]1Cc2cc(O)ccc2[C@H](c2ccc(C(=O)NCCOC)cc2)N1.CCCC[C@H]1Cc2cc(OC)ccc2[C@H](c2ccc(C(=O)NCCOC)cc2)N1C(=O)C#C[Si](C)(C)C.CCCC[C@H]1Cc2cc(OC)ccc2[C@H](c2ccc(C(=O)NCCOC)cc2)N1C(=O)OC(C)(C)C.C[Si](C)(C)C#CC(=O)O. The normalized spacial score (nSPS) is 16.9. The van der Waals surface area contributed by atoms with Crippen molar-refractivity contribution in [2.75, 3.05) is 102 Å². The first-order valence-electron chi connectivity index (χ1n) is 49.9. The van der Waals surface area contributed by atoms with Crippen molar-refractivity contribution in [3.8, 4) is 58.3 Å². The highest BCUT2D eigenvalue weighted by Crippen LogP contribution is 2.46. The molecular formula is C115H152N8O18Si2. The summed E-state index contributed by atoms with van der Waals surface area (Å²) in [5.74, 6) is 8.16. The van der Waals surface area contributed by atoms with Crippen LogP contribution in [0.1, 0.15) is 258 Å². The zero-order chi connectivity index (χ0) is 105. The van der Waals surface area contributed by atoms with E-state index in [4.69, 9.17) is 49.4 Å². The Kier molecular flexibility index (Phi) is 46.6. The minimum absolute atomic E-state index is 0.00451. The predicted molar refractivity (Wildman–Crippen MR) is 569 cm³/mol. The highest BCUT2D eigenvalue weighted by molar-refractivity contribution is 6.84. The van der Waals surface area contributed by atoms with Gasteiger partial charge in [-0.2, -0.15) is 0 Å². The van der Waals surface area contributed by atoms with E-state index in [-0.39, 0.29) is 83.8 Å². The van der Waals surface area contributed by atoms with E-state index in [9.17, 15) is 43.5 Å². The number of phenols is 1. The van der Waals surface area contributed by atoms with Gasteiger partial charge in [0, 0.05) is 107 Å². The number of aliphatic carboxylic acids is 1. The highest BCUT2D eigenvalue weighted by atomic mass is 28.3. The Morgan fingerprint density at radius 2 is 0.720 bits per heavy atom. The maximum absolute atomic E-state index is 13.7. The molecule has 0 unspecified atom stereocenters. The van der Waals surface area contributed by atoms with Crippen LogP contribution in [-0.2, 0) is 63.8 Å². The number of phenolic OH excluding ortho intramolecular Hbond substituents is 1. The Hall–Kier alpha value is -12.6. The summed E-state index contributed by atoms with van der Waals surface area (Å²) in [5, 5.41) is 33.2. The average Bonchev–Trinajstić information content (AvgIpc) is 0.758. The van der Waals surface area contributed by atoms with Crippen molar-refractivity contribution in [1.82, 2.24) is 41.3 Å². The molecule has 8 aromatic rings. The molecule has 0 aromatic heterocycles. The quantitative estimate of drug-likeness (QED) is 0.0110. The minimum atomic E-state index is -1.73. The predicted octanol–water partition coefficient (Wildman–Crippen LogP) is 18.7. The van der Waals surface area contributed by atoms with E-state index < -0.39 is 27.7 Å². The number of hydrogen-bond acceptors (Lipinski definition) is 18. The topological polar surface area (TPSA) is 321 Å². The van der Waals surface area contributed by atoms with Crippen molar-refractivity contribution in [2.45, 2.75) is 244 Å². The van der Waals surface area contributed by atoms with Crippen LogP contribution in [-0.4, -0.2) is 221 Å². The van der Waals surface area contributed by atoms with Crippen LogP contribution in [0.4, 0.5) is 4.79 Å². The fraction of sp³-hybridized carbons (Fsp3) is 0.461. The molecule has 0 spiro atoms. The smallest absolute Gasteiger partial charge is 0.411 e. The minimum Gasteiger partial charge on any atom is -0.508 e. The monoisotopic (exact) mass is 1990 g/mol. The lowest BCUT2D eigenvalue weighted by Gasteiger charge is -2.44. The van der Waals surface area contributed by atoms with E-state index in [1.807, 2.05) is 183 Å². The molecule has 26 nitrogen and oxygen atoms in total. The zero-order valence-corrected chi connectivity index (χ0v) is 89.6. The number of fused-ring (bicyclic) bond motifs is 4. The number of ether oxygens (including phenoxy) is 8. The van der Waals surface area contributed by atoms with Gasteiger partial charge in [0.15, 0.2) is 0 Å². The molecule has 8 atom stereocenters. The molecule has 4 aliphatic heterocycles. The molecule has 0 aliphatic carbocycles. The summed E-state index contributed by atoms with van der Waals surface area (Å²) in [5.41, 5.74) is 20.7. The van der Waals surface area contributed by atoms with Gasteiger partial charge in [-0.15, -0.1) is 17.5 Å². The number of nitrogens with one attached hydrogen (secondary N) is 5. The fourth-order valence-corrected chi connectivity index (χ4v) is 18.7. The van der Waals surface area contributed by atoms with Gasteiger partial charge in [0.25, 0.3) is 35.4 Å². The summed E-state index contributed by atoms with van der Waals surface area (Å²) in [6.07, 6.45) is 20.7. The van der Waals surface area contributed by atoms with Crippen LogP contribution in [0.25, 0.3) is 0 Å². The van der Waals surface area contributed by atoms with Crippen molar-refractivity contribution in [3.63, 3.8) is 0 Å². The van der Waals surface area contributed by atoms with Crippen molar-refractivity contribution in [3.05, 3.63) is 259 Å². The lowest BCUT2D eigenvalue weighted by atomic mass is 9.82. The first-order chi connectivity index (χ1) is 68.4. The highest BCUT2D eigenvalue weighted by Gasteiger charge is 2.43. The van der Waals surface area contributed by atoms with E-state index in [1.165, 1.54) is 35.1 Å². The van der Waals surface area contributed by atoms with Gasteiger partial charge in [-0.1, -0.05) is 191 Å². The summed E-state index contributed by atoms with van der Waals surface area (Å²) in [7, 11) is 8.22. The zero-order valence-electron chi connectivity index (χ0n) is 87.6. The summed E-state index contributed by atoms with van der Waals surface area (Å²) in [4.78, 5) is 106. The number of benzene rings is 8. The Morgan fingerprint density at radius 3 is 1.03 bits per heavy atom. The van der Waals surface area contributed by atoms with Crippen molar-refractivity contribution < 1.29 is 86.5 Å². The van der Waals surface area contributed by atoms with Gasteiger partial charge in [-0.3, -0.25) is 33.7 Å². The maximum Gasteiger partial charge on any atom is 0.411 e. The van der Waals surface area contributed by atoms with Gasteiger partial charge in [-0.25, -0.2) is 9.59 Å². The third kappa shape index (κ3) is 35.2. The number of aromatic hydroxyl groups is 1. The third-order valence-corrected chi connectivity index (χ3v) is 26.6. The molecule has 143 heavy (non-hydrogen) atoms. The molecule has 4 heterocycles. The van der Waals surface area contributed by atoms with E-state index in [0.717, 1.165) is 152 Å². The molecule has 0 fully saturated rings. The molecular weight excluding hydrogens is 1840 g/mol. The average molecular weight is 1990 g/mol. The number of nitrogens with zero attached hydrogens (tertiary/aromatic N) is 3. The van der Waals surface area contributed by atoms with E-state index >= 15 is 0 Å². The van der Waals surface area contributed by atoms with Crippen LogP contribution >= 0.6 is 0 Å². The molecule has 8 aromatic carbocycles. The lowest BCUT2D eigenvalue weighted by Crippen LogP contribution is -2.49. The van der Waals surface area contributed by atoms with Crippen LogP contribution in [0, 0.1) is 35.3 Å². The molecule has 4 aliphatic rings. The van der Waals surface area contributed by atoms with Gasteiger partial charge in [0.1, 0.15) is 44.7 Å². The number of amides is 7. The molecule has 7 amide bonds. The second kappa shape index (κ2) is 57.7. The van der Waals surface area contributed by atoms with Crippen LogP contribution in [0.5, 0.6) is 23.0 Å². The Labute approximate surface area is 850 Å². The number of methoxy groups -OCH3 is 7. The standard InChI is InChI=1S/C30H40N2O4Si.C29H40N2O5.C27H32N2O4.C23H30N2O3.C6H10O2Si/c1-7-8-9-25-20-24-21-26(36-3)14-15-27(24)29(32(25)28(33)16-19-37(4,5)6)22-10-12-23(13-11-22)30(34)31-17-18-35-2;1-7-8-9-23-18-22-19-24(35-6)14-15-25(22)26(31(23)28(33)36-29(2,3)4)20-10-12-21(13-11-20)27(32)30-16-17-34-5;1-5-7-8-22-17-21-18-23(33-4)13-14-24(21)26(29(22)25(30)6-2)19-9-11-20(12-10-19)27(31)28-15-16-32-3;1-3-4-5-19-14-18-15-20(26)10-11-21(18)22(25-19)16-6-8-17(9-7-16)23(27)24-12-13-28-2;1-9(2,3)5-4-6(7)8/h10-15,21,25,29H,7-9,17-18,20H2,1-6H3,(H,31,34);10-15,19,23,26H,7-9,16-18H2,1-6H3,(H,30,32);2,9-14,18,22,26H,5,7-8,15-17H2,1,3-4H3,(H,28,31);6-11,15,19,22,25-26H,3-5,12-14H2,1-2H3,(H,24,27);1-3H3,(H,7,8)/t25-,29-;23-,26-;22-,26-;19-,22-;/m0000./s1. The number of carboxylic acids is 1. The summed E-state index contributed by atoms with van der Waals surface area (Å²) in [6.45, 7) is 30.5. The molecule has 0 saturated carbocycles.